The van der Waals surface area contributed by atoms with Gasteiger partial charge < -0.3 is 10.1 Å². The molecule has 1 heterocycles. The smallest absolute Gasteiger partial charge is 0.309 e. The summed E-state index contributed by atoms with van der Waals surface area (Å²) in [6.07, 6.45) is 8.28. The molecule has 0 aromatic rings. The minimum Gasteiger partial charge on any atom is -0.469 e. The monoisotopic (exact) mass is 345 g/mol. The Balaban J connectivity index is 1.70. The Labute approximate surface area is 150 Å². The van der Waals surface area contributed by atoms with Crippen LogP contribution in [0.5, 0.6) is 0 Å². The Morgan fingerprint density at radius 2 is 1.96 bits per heavy atom. The molecule has 0 unspecified atom stereocenters. The second-order valence-corrected chi connectivity index (χ2v) is 9.39. The van der Waals surface area contributed by atoms with Crippen molar-refractivity contribution in [1.82, 2.24) is 5.32 Å². The number of hydrogen-bond donors (Lipinski definition) is 1. The molecule has 0 bridgehead atoms. The van der Waals surface area contributed by atoms with Crippen molar-refractivity contribution in [2.75, 3.05) is 7.11 Å². The van der Waals surface area contributed by atoms with Crippen molar-refractivity contribution in [2.45, 2.75) is 59.3 Å². The zero-order valence-electron chi connectivity index (χ0n) is 15.9. The molecule has 25 heavy (non-hydrogen) atoms. The summed E-state index contributed by atoms with van der Waals surface area (Å²) in [5.41, 5.74) is 1.33. The number of piperidine rings is 1. The molecular formula is C21H31NO3. The summed E-state index contributed by atoms with van der Waals surface area (Å²) < 4.78 is 5.13. The number of fused-ring (bicyclic) bond motifs is 5. The number of hydrogen-bond acceptors (Lipinski definition) is 3. The van der Waals surface area contributed by atoms with Crippen LogP contribution < -0.4 is 5.32 Å². The Kier molecular flexibility index (Phi) is 3.82. The van der Waals surface area contributed by atoms with Crippen molar-refractivity contribution in [2.24, 2.45) is 40.4 Å². The molecule has 1 amide bonds. The van der Waals surface area contributed by atoms with Crippen molar-refractivity contribution in [3.63, 3.8) is 0 Å². The Morgan fingerprint density at radius 1 is 1.20 bits per heavy atom. The van der Waals surface area contributed by atoms with Crippen LogP contribution >= 0.6 is 0 Å². The van der Waals surface area contributed by atoms with E-state index in [2.05, 4.69) is 32.2 Å². The highest BCUT2D eigenvalue weighted by molar-refractivity contribution is 5.79. The Bertz CT molecular complexity index is 641. The third-order valence-corrected chi connectivity index (χ3v) is 8.43. The van der Waals surface area contributed by atoms with Gasteiger partial charge in [-0.2, -0.15) is 0 Å². The maximum atomic E-state index is 12.4. The fraction of sp³-hybridized carbons (Fsp3) is 0.810. The van der Waals surface area contributed by atoms with Crippen LogP contribution in [0.2, 0.25) is 0 Å². The minimum atomic E-state index is -0.0146. The molecule has 1 saturated heterocycles. The number of amides is 1. The van der Waals surface area contributed by atoms with Crippen molar-refractivity contribution < 1.29 is 14.3 Å². The van der Waals surface area contributed by atoms with Gasteiger partial charge in [0.15, 0.2) is 0 Å². The number of ether oxygens (including phenoxy) is 1. The van der Waals surface area contributed by atoms with Gasteiger partial charge in [0.05, 0.1) is 13.0 Å². The molecule has 0 aromatic heterocycles. The van der Waals surface area contributed by atoms with E-state index in [-0.39, 0.29) is 28.6 Å². The maximum absolute atomic E-state index is 12.4. The number of carbonyl (C=O) groups is 2. The first kappa shape index (κ1) is 17.1. The molecule has 2 saturated carbocycles. The minimum absolute atomic E-state index is 0.0146. The Hall–Kier alpha value is -1.32. The van der Waals surface area contributed by atoms with E-state index >= 15 is 0 Å². The number of rotatable bonds is 1. The summed E-state index contributed by atoms with van der Waals surface area (Å²) in [5.74, 6) is 2.46. The SMILES string of the molecule is COC(=O)[C@H]1CC[C@H]2[C@@H]3[C@@H](C)C=C4NC(=O)CC[C@]4(C)[C@H]3CC[C@]12C. The van der Waals surface area contributed by atoms with E-state index in [0.29, 0.717) is 30.1 Å². The maximum Gasteiger partial charge on any atom is 0.309 e. The Morgan fingerprint density at radius 3 is 2.68 bits per heavy atom. The molecule has 0 spiro atoms. The van der Waals surface area contributed by atoms with E-state index in [9.17, 15) is 9.59 Å². The third-order valence-electron chi connectivity index (χ3n) is 8.43. The van der Waals surface area contributed by atoms with E-state index in [1.54, 1.807) is 0 Å². The van der Waals surface area contributed by atoms with E-state index in [1.165, 1.54) is 12.8 Å². The first-order chi connectivity index (χ1) is 11.8. The second kappa shape index (κ2) is 5.59. The van der Waals surface area contributed by atoms with Gasteiger partial charge in [-0.15, -0.1) is 0 Å². The quantitative estimate of drug-likeness (QED) is 0.738. The van der Waals surface area contributed by atoms with Crippen molar-refractivity contribution >= 4 is 11.9 Å². The van der Waals surface area contributed by atoms with Gasteiger partial charge in [-0.3, -0.25) is 9.59 Å². The van der Waals surface area contributed by atoms with E-state index in [1.807, 2.05) is 0 Å². The molecule has 7 atom stereocenters. The molecule has 138 valence electrons. The van der Waals surface area contributed by atoms with Crippen LogP contribution in [0, 0.1) is 40.4 Å². The predicted molar refractivity (Wildman–Crippen MR) is 95.3 cm³/mol. The van der Waals surface area contributed by atoms with E-state index in [0.717, 1.165) is 32.1 Å². The van der Waals surface area contributed by atoms with Gasteiger partial charge >= 0.3 is 5.97 Å². The molecule has 4 heteroatoms. The summed E-state index contributed by atoms with van der Waals surface area (Å²) in [6.45, 7) is 7.00. The molecule has 1 N–H and O–H groups in total. The highest BCUT2D eigenvalue weighted by atomic mass is 16.5. The van der Waals surface area contributed by atoms with E-state index < -0.39 is 0 Å². The zero-order valence-corrected chi connectivity index (χ0v) is 15.9. The molecule has 3 fully saturated rings. The van der Waals surface area contributed by atoms with Crippen molar-refractivity contribution in [3.05, 3.63) is 11.8 Å². The first-order valence-corrected chi connectivity index (χ1v) is 9.91. The molecule has 0 aromatic carbocycles. The normalized spacial score (nSPS) is 48.6. The average molecular weight is 345 g/mol. The number of carbonyl (C=O) groups excluding carboxylic acids is 2. The highest BCUT2D eigenvalue weighted by Gasteiger charge is 2.61. The molecule has 4 rings (SSSR count). The predicted octanol–water partition coefficient (Wildman–Crippen LogP) is 3.67. The lowest BCUT2D eigenvalue weighted by Gasteiger charge is -2.58. The van der Waals surface area contributed by atoms with Crippen molar-refractivity contribution in [3.8, 4) is 0 Å². The summed E-state index contributed by atoms with van der Waals surface area (Å²) in [6, 6.07) is 0. The van der Waals surface area contributed by atoms with Crippen LogP contribution in [0.3, 0.4) is 0 Å². The van der Waals surface area contributed by atoms with Gasteiger partial charge in [-0.25, -0.2) is 0 Å². The zero-order chi connectivity index (χ0) is 18.0. The average Bonchev–Trinajstić information content (AvgIpc) is 2.93. The molecule has 4 aliphatic rings. The summed E-state index contributed by atoms with van der Waals surface area (Å²) in [4.78, 5) is 24.3. The molecule has 1 aliphatic heterocycles. The fourth-order valence-electron chi connectivity index (χ4n) is 7.06. The molecule has 4 nitrogen and oxygen atoms in total. The fourth-order valence-corrected chi connectivity index (χ4v) is 7.06. The highest BCUT2D eigenvalue weighted by Crippen LogP contribution is 2.66. The molecule has 0 radical (unpaired) electrons. The molecule has 3 aliphatic carbocycles. The van der Waals surface area contributed by atoms with Gasteiger partial charge in [0.1, 0.15) is 0 Å². The third kappa shape index (κ3) is 2.25. The van der Waals surface area contributed by atoms with Gasteiger partial charge in [0.2, 0.25) is 5.91 Å². The number of esters is 1. The first-order valence-electron chi connectivity index (χ1n) is 9.91. The van der Waals surface area contributed by atoms with Gasteiger partial charge in [-0.1, -0.05) is 26.8 Å². The van der Waals surface area contributed by atoms with Crippen LogP contribution in [0.25, 0.3) is 0 Å². The number of nitrogens with one attached hydrogen (secondary N) is 1. The number of allylic oxidation sites excluding steroid dienone is 2. The van der Waals surface area contributed by atoms with Crippen LogP contribution in [0.15, 0.2) is 11.8 Å². The standard InChI is InChI=1S/C21H31NO3/c1-12-11-16-21(3,10-8-17(23)22-16)14-7-9-20(2)13(18(12)14)5-6-15(20)19(24)25-4/h11-15,18H,5-10H2,1-4H3,(H,22,23)/t12-,13-,14-,15+,18-,20-,21+/m0/s1. The van der Waals surface area contributed by atoms with Gasteiger partial charge in [0, 0.05) is 17.5 Å². The lowest BCUT2D eigenvalue weighted by Crippen LogP contribution is -2.55. The lowest BCUT2D eigenvalue weighted by molar-refractivity contribution is -0.153. The second-order valence-electron chi connectivity index (χ2n) is 9.39. The van der Waals surface area contributed by atoms with Gasteiger partial charge in [0.25, 0.3) is 0 Å². The van der Waals surface area contributed by atoms with Gasteiger partial charge in [-0.05, 0) is 61.2 Å². The topological polar surface area (TPSA) is 55.4 Å². The van der Waals surface area contributed by atoms with Crippen molar-refractivity contribution in [1.29, 1.82) is 0 Å². The van der Waals surface area contributed by atoms with Crippen LogP contribution in [0.4, 0.5) is 0 Å². The molecular weight excluding hydrogens is 314 g/mol. The van der Waals surface area contributed by atoms with Crippen LogP contribution in [0.1, 0.15) is 59.3 Å². The van der Waals surface area contributed by atoms with Crippen LogP contribution in [-0.2, 0) is 14.3 Å². The lowest BCUT2D eigenvalue weighted by atomic mass is 9.47. The van der Waals surface area contributed by atoms with Crippen LogP contribution in [-0.4, -0.2) is 19.0 Å². The largest absolute Gasteiger partial charge is 0.469 e. The summed E-state index contributed by atoms with van der Waals surface area (Å²) >= 11 is 0. The van der Waals surface area contributed by atoms with E-state index in [4.69, 9.17) is 4.74 Å². The number of methoxy groups -OCH3 is 1. The summed E-state index contributed by atoms with van der Waals surface area (Å²) in [5, 5.41) is 3.18. The summed E-state index contributed by atoms with van der Waals surface area (Å²) in [7, 11) is 1.52.